The fourth-order valence-electron chi connectivity index (χ4n) is 2.80. The Morgan fingerprint density at radius 2 is 1.88 bits per heavy atom. The summed E-state index contributed by atoms with van der Waals surface area (Å²) in [5.74, 6) is 0.969. The number of anilines is 2. The zero-order valence-electron chi connectivity index (χ0n) is 13.3. The first-order valence-electron chi connectivity index (χ1n) is 7.78. The average Bonchev–Trinajstić information content (AvgIpc) is 3.11. The summed E-state index contributed by atoms with van der Waals surface area (Å²) in [6, 6.07) is 12.2. The lowest BCUT2D eigenvalue weighted by Gasteiger charge is -2.24. The summed E-state index contributed by atoms with van der Waals surface area (Å²) in [5, 5.41) is -0.640. The van der Waals surface area contributed by atoms with Crippen LogP contribution in [0.4, 0.5) is 11.4 Å². The van der Waals surface area contributed by atoms with E-state index in [4.69, 9.17) is 16.3 Å². The third-order valence-electron chi connectivity index (χ3n) is 3.90. The molecule has 0 spiro atoms. The molecule has 1 unspecified atom stereocenters. The van der Waals surface area contributed by atoms with E-state index in [1.54, 1.807) is 18.2 Å². The van der Waals surface area contributed by atoms with Crippen molar-refractivity contribution in [3.8, 4) is 11.5 Å². The minimum atomic E-state index is -2.32. The van der Waals surface area contributed by atoms with Gasteiger partial charge in [-0.3, -0.25) is 14.1 Å². The summed E-state index contributed by atoms with van der Waals surface area (Å²) < 4.78 is 29.0. The first kappa shape index (κ1) is 17.7. The highest BCUT2D eigenvalue weighted by molar-refractivity contribution is 7.80. The molecule has 0 aliphatic carbocycles. The minimum Gasteiger partial charge on any atom is -0.453 e. The molecule has 8 heteroatoms. The predicted molar refractivity (Wildman–Crippen MR) is 99.0 cm³/mol. The van der Waals surface area contributed by atoms with Gasteiger partial charge in [-0.05, 0) is 48.7 Å². The molecule has 1 aliphatic heterocycles. The van der Waals surface area contributed by atoms with Crippen LogP contribution >= 0.6 is 11.6 Å². The molecule has 0 radical (unpaired) electrons. The van der Waals surface area contributed by atoms with Gasteiger partial charge in [-0.2, -0.15) is 0 Å². The number of hydrogen-bond donors (Lipinski definition) is 2. The van der Waals surface area contributed by atoms with Crippen molar-refractivity contribution in [2.24, 2.45) is 0 Å². The second kappa shape index (κ2) is 7.86. The molecular weight excluding hydrogens is 364 g/mol. The molecule has 2 N–H and O–H groups in total. The molecule has 0 saturated carbocycles. The summed E-state index contributed by atoms with van der Waals surface area (Å²) in [6.45, 7) is 1.62. The third kappa shape index (κ3) is 4.31. The van der Waals surface area contributed by atoms with Crippen LogP contribution < -0.4 is 14.4 Å². The van der Waals surface area contributed by atoms with Gasteiger partial charge in [0.15, 0.2) is 5.75 Å². The molecule has 6 nitrogen and oxygen atoms in total. The van der Waals surface area contributed by atoms with Crippen LogP contribution in [0.1, 0.15) is 23.2 Å². The number of carbonyl (C=O) groups excluding carboxylic acids is 1. The minimum absolute atomic E-state index is 0.233. The van der Waals surface area contributed by atoms with Gasteiger partial charge in [0, 0.05) is 18.7 Å². The van der Waals surface area contributed by atoms with Gasteiger partial charge in [0.05, 0.1) is 11.4 Å². The number of nitrogens with one attached hydrogen (secondary N) is 1. The number of nitrogens with zero attached hydrogens (tertiary/aromatic N) is 1. The fourth-order valence-corrected chi connectivity index (χ4v) is 3.25. The second-order valence-corrected chi connectivity index (χ2v) is 6.65. The smallest absolute Gasteiger partial charge is 0.259 e. The number of benzene rings is 2. The molecule has 0 aromatic heterocycles. The zero-order valence-corrected chi connectivity index (χ0v) is 14.8. The molecule has 1 fully saturated rings. The van der Waals surface area contributed by atoms with Gasteiger partial charge in [0.2, 0.25) is 0 Å². The Morgan fingerprint density at radius 3 is 2.48 bits per heavy atom. The van der Waals surface area contributed by atoms with Crippen LogP contribution in [0.15, 0.2) is 42.5 Å². The normalized spacial score (nSPS) is 15.0. The fraction of sp³-hybridized carbons (Fsp3) is 0.235. The number of ether oxygens (including phenoxy) is 1. The van der Waals surface area contributed by atoms with Crippen molar-refractivity contribution in [3.05, 3.63) is 48.0 Å². The Morgan fingerprint density at radius 1 is 1.20 bits per heavy atom. The van der Waals surface area contributed by atoms with Crippen molar-refractivity contribution < 1.29 is 18.3 Å². The molecule has 0 amide bonds. The summed E-state index contributed by atoms with van der Waals surface area (Å²) in [4.78, 5) is 13.7. The predicted octanol–water partition coefficient (Wildman–Crippen LogP) is 4.01. The molecule has 1 aliphatic rings. The maximum Gasteiger partial charge on any atom is 0.259 e. The first-order chi connectivity index (χ1) is 12.0. The van der Waals surface area contributed by atoms with Gasteiger partial charge < -0.3 is 9.64 Å². The van der Waals surface area contributed by atoms with Gasteiger partial charge >= 0.3 is 0 Å². The number of carbonyl (C=O) groups is 1. The molecule has 2 aromatic rings. The Hall–Kier alpha value is -2.09. The van der Waals surface area contributed by atoms with E-state index < -0.39 is 16.5 Å². The van der Waals surface area contributed by atoms with Crippen LogP contribution in [0, 0.1) is 0 Å². The van der Waals surface area contributed by atoms with Crippen molar-refractivity contribution in [2.75, 3.05) is 22.7 Å². The molecular formula is C17H17ClN2O4S. The zero-order chi connectivity index (χ0) is 17.8. The summed E-state index contributed by atoms with van der Waals surface area (Å²) in [7, 11) is 0. The maximum atomic E-state index is 11.7. The monoisotopic (exact) mass is 380 g/mol. The average molecular weight is 381 g/mol. The van der Waals surface area contributed by atoms with Crippen LogP contribution in [0.25, 0.3) is 0 Å². The highest BCUT2D eigenvalue weighted by atomic mass is 35.5. The lowest BCUT2D eigenvalue weighted by Crippen LogP contribution is -2.19. The van der Waals surface area contributed by atoms with Gasteiger partial charge in [0.1, 0.15) is 5.75 Å². The topological polar surface area (TPSA) is 78.9 Å². The van der Waals surface area contributed by atoms with Crippen molar-refractivity contribution >= 4 is 39.5 Å². The van der Waals surface area contributed by atoms with Crippen molar-refractivity contribution in [1.82, 2.24) is 0 Å². The van der Waals surface area contributed by atoms with E-state index in [1.165, 1.54) is 6.07 Å². The van der Waals surface area contributed by atoms with Crippen molar-refractivity contribution in [3.63, 3.8) is 0 Å². The van der Waals surface area contributed by atoms with Gasteiger partial charge in [0.25, 0.3) is 16.5 Å². The molecule has 132 valence electrons. The number of halogens is 1. The summed E-state index contributed by atoms with van der Waals surface area (Å²) >= 11 is 3.32. The molecule has 1 atom stereocenters. The summed E-state index contributed by atoms with van der Waals surface area (Å²) in [6.07, 6.45) is 2.05. The SMILES string of the molecule is O=C(Cl)c1cc(NS(=O)O)c(Oc2ccccc2)c(N2CCCC2)c1. The van der Waals surface area contributed by atoms with E-state index in [0.29, 0.717) is 17.2 Å². The van der Waals surface area contributed by atoms with E-state index in [9.17, 15) is 13.6 Å². The Labute approximate surface area is 153 Å². The largest absolute Gasteiger partial charge is 0.453 e. The standard InChI is InChI=1S/C17H17ClN2O4S/c18-17(21)12-10-14(19-25(22)23)16(24-13-6-2-1-3-7-13)15(11-12)20-8-4-5-9-20/h1-3,6-7,10-11,19H,4-5,8-9H2,(H,22,23). The van der Waals surface area contributed by atoms with Crippen LogP contribution in [0.5, 0.6) is 11.5 Å². The second-order valence-electron chi connectivity index (χ2n) is 5.61. The first-order valence-corrected chi connectivity index (χ1v) is 9.26. The highest BCUT2D eigenvalue weighted by Gasteiger charge is 2.23. The van der Waals surface area contributed by atoms with E-state index in [-0.39, 0.29) is 11.3 Å². The van der Waals surface area contributed by atoms with Gasteiger partial charge in [-0.15, -0.1) is 0 Å². The molecule has 1 saturated heterocycles. The van der Waals surface area contributed by atoms with Crippen LogP contribution in [0.3, 0.4) is 0 Å². The Bertz CT molecular complexity index is 795. The quantitative estimate of drug-likeness (QED) is 0.584. The Kier molecular flexibility index (Phi) is 5.57. The lowest BCUT2D eigenvalue weighted by molar-refractivity contribution is 0.108. The van der Waals surface area contributed by atoms with Gasteiger partial charge in [-0.25, -0.2) is 4.21 Å². The Balaban J connectivity index is 2.12. The van der Waals surface area contributed by atoms with E-state index in [2.05, 4.69) is 9.62 Å². The van der Waals surface area contributed by atoms with Crippen molar-refractivity contribution in [1.29, 1.82) is 0 Å². The number of para-hydroxylation sites is 1. The van der Waals surface area contributed by atoms with Gasteiger partial charge in [-0.1, -0.05) is 18.2 Å². The van der Waals surface area contributed by atoms with Crippen LogP contribution in [0.2, 0.25) is 0 Å². The number of rotatable bonds is 6. The van der Waals surface area contributed by atoms with E-state index in [0.717, 1.165) is 25.9 Å². The molecule has 2 aromatic carbocycles. The molecule has 1 heterocycles. The third-order valence-corrected chi connectivity index (χ3v) is 4.52. The van der Waals surface area contributed by atoms with Crippen LogP contribution in [-0.4, -0.2) is 27.1 Å². The molecule has 3 rings (SSSR count). The maximum absolute atomic E-state index is 11.7. The van der Waals surface area contributed by atoms with E-state index >= 15 is 0 Å². The summed E-state index contributed by atoms with van der Waals surface area (Å²) in [5.41, 5.74) is 1.14. The van der Waals surface area contributed by atoms with E-state index in [1.807, 2.05) is 18.2 Å². The molecule has 25 heavy (non-hydrogen) atoms. The number of hydrogen-bond acceptors (Lipinski definition) is 4. The lowest BCUT2D eigenvalue weighted by atomic mass is 10.1. The molecule has 0 bridgehead atoms. The van der Waals surface area contributed by atoms with Crippen molar-refractivity contribution in [2.45, 2.75) is 12.8 Å². The van der Waals surface area contributed by atoms with Crippen LogP contribution in [-0.2, 0) is 11.3 Å². The highest BCUT2D eigenvalue weighted by Crippen LogP contribution is 2.42.